The Morgan fingerprint density at radius 3 is 2.75 bits per heavy atom. The van der Waals surface area contributed by atoms with Gasteiger partial charge in [0.25, 0.3) is 5.91 Å². The molecule has 0 saturated carbocycles. The highest BCUT2D eigenvalue weighted by molar-refractivity contribution is 5.97. The van der Waals surface area contributed by atoms with E-state index in [1.165, 1.54) is 23.3 Å². The Bertz CT molecular complexity index is 1170. The van der Waals surface area contributed by atoms with Crippen molar-refractivity contribution in [2.45, 2.75) is 19.5 Å². The Hall–Kier alpha value is -3.34. The molecule has 0 bridgehead atoms. The van der Waals surface area contributed by atoms with Crippen molar-refractivity contribution in [2.24, 2.45) is 0 Å². The molecule has 0 fully saturated rings. The molecule has 140 valence electrons. The molecule has 2 aromatic heterocycles. The molecule has 0 atom stereocenters. The van der Waals surface area contributed by atoms with Crippen LogP contribution in [0.5, 0.6) is 0 Å². The number of rotatable bonds is 3. The fourth-order valence-corrected chi connectivity index (χ4v) is 3.97. The average molecular weight is 374 g/mol. The van der Waals surface area contributed by atoms with Gasteiger partial charge in [0.15, 0.2) is 5.58 Å². The molecule has 0 aliphatic carbocycles. The number of amides is 1. The van der Waals surface area contributed by atoms with E-state index >= 15 is 0 Å². The highest BCUT2D eigenvalue weighted by Gasteiger charge is 2.25. The van der Waals surface area contributed by atoms with E-state index in [9.17, 15) is 9.18 Å². The van der Waals surface area contributed by atoms with Crippen LogP contribution in [-0.2, 0) is 19.5 Å². The van der Waals surface area contributed by atoms with Gasteiger partial charge in [-0.15, -0.1) is 0 Å². The van der Waals surface area contributed by atoms with Gasteiger partial charge in [0, 0.05) is 31.8 Å². The Morgan fingerprint density at radius 1 is 1.04 bits per heavy atom. The molecule has 0 spiro atoms. The number of aromatic nitrogens is 1. The molecular formula is C23H19FN2O2. The minimum Gasteiger partial charge on any atom is -0.463 e. The van der Waals surface area contributed by atoms with Crippen LogP contribution >= 0.6 is 0 Å². The molecule has 5 heteroatoms. The van der Waals surface area contributed by atoms with Crippen LogP contribution in [0, 0.1) is 5.82 Å². The summed E-state index contributed by atoms with van der Waals surface area (Å²) in [6, 6.07) is 18.3. The van der Waals surface area contributed by atoms with Crippen molar-refractivity contribution in [2.75, 3.05) is 6.54 Å². The van der Waals surface area contributed by atoms with Crippen LogP contribution in [-0.4, -0.2) is 21.9 Å². The quantitative estimate of drug-likeness (QED) is 0.525. The third-order valence-electron chi connectivity index (χ3n) is 5.39. The normalized spacial score (nSPS) is 13.7. The summed E-state index contributed by atoms with van der Waals surface area (Å²) in [6.45, 7) is 1.69. The highest BCUT2D eigenvalue weighted by atomic mass is 19.1. The molecule has 3 heterocycles. The van der Waals surface area contributed by atoms with Crippen molar-refractivity contribution in [1.29, 1.82) is 0 Å². The predicted molar refractivity (Wildman–Crippen MR) is 105 cm³/mol. The van der Waals surface area contributed by atoms with Crippen LogP contribution in [0.2, 0.25) is 0 Å². The van der Waals surface area contributed by atoms with Crippen LogP contribution in [0.4, 0.5) is 4.39 Å². The first-order valence-corrected chi connectivity index (χ1v) is 9.36. The molecule has 0 unspecified atom stereocenters. The average Bonchev–Trinajstić information content (AvgIpc) is 3.30. The number of benzene rings is 2. The zero-order valence-electron chi connectivity index (χ0n) is 15.3. The molecule has 1 amide bonds. The van der Waals surface area contributed by atoms with Crippen molar-refractivity contribution in [3.05, 3.63) is 95.1 Å². The summed E-state index contributed by atoms with van der Waals surface area (Å²) >= 11 is 0. The van der Waals surface area contributed by atoms with Gasteiger partial charge in [0.2, 0.25) is 0 Å². The lowest BCUT2D eigenvalue weighted by atomic mass is 10.00. The first kappa shape index (κ1) is 16.8. The van der Waals surface area contributed by atoms with Gasteiger partial charge in [-0.1, -0.05) is 36.4 Å². The van der Waals surface area contributed by atoms with Crippen molar-refractivity contribution in [1.82, 2.24) is 9.47 Å². The minimum atomic E-state index is -0.284. The molecule has 5 rings (SSSR count). The molecule has 0 N–H and O–H groups in total. The van der Waals surface area contributed by atoms with Gasteiger partial charge in [-0.2, -0.15) is 0 Å². The van der Waals surface area contributed by atoms with Crippen molar-refractivity contribution < 1.29 is 13.6 Å². The number of furan rings is 1. The van der Waals surface area contributed by atoms with Gasteiger partial charge in [0.05, 0.1) is 11.8 Å². The molecule has 28 heavy (non-hydrogen) atoms. The molecular weight excluding hydrogens is 355 g/mol. The van der Waals surface area contributed by atoms with Crippen LogP contribution in [0.1, 0.15) is 27.2 Å². The van der Waals surface area contributed by atoms with Crippen LogP contribution in [0.25, 0.3) is 11.1 Å². The number of carbonyl (C=O) groups is 1. The van der Waals surface area contributed by atoms with E-state index < -0.39 is 0 Å². The van der Waals surface area contributed by atoms with Gasteiger partial charge in [-0.05, 0) is 35.2 Å². The Morgan fingerprint density at radius 2 is 1.89 bits per heavy atom. The van der Waals surface area contributed by atoms with Crippen molar-refractivity contribution in [3.63, 3.8) is 0 Å². The maximum absolute atomic E-state index is 13.6. The number of fused-ring (bicyclic) bond motifs is 2. The second-order valence-electron chi connectivity index (χ2n) is 7.16. The van der Waals surface area contributed by atoms with Crippen LogP contribution in [0.15, 0.2) is 71.3 Å². The SMILES string of the molecule is O=C(c1cc2occc2n1Cc1cccc(F)c1)N1CCc2ccccc2C1. The monoisotopic (exact) mass is 374 g/mol. The van der Waals surface area contributed by atoms with E-state index in [-0.39, 0.29) is 11.7 Å². The second kappa shape index (κ2) is 6.68. The molecule has 2 aromatic carbocycles. The van der Waals surface area contributed by atoms with E-state index in [1.807, 2.05) is 33.7 Å². The first-order valence-electron chi connectivity index (χ1n) is 9.36. The van der Waals surface area contributed by atoms with E-state index in [1.54, 1.807) is 18.4 Å². The van der Waals surface area contributed by atoms with Gasteiger partial charge in [-0.3, -0.25) is 4.79 Å². The van der Waals surface area contributed by atoms with E-state index in [4.69, 9.17) is 4.42 Å². The lowest BCUT2D eigenvalue weighted by Gasteiger charge is -2.29. The van der Waals surface area contributed by atoms with Gasteiger partial charge in [0.1, 0.15) is 11.5 Å². The smallest absolute Gasteiger partial charge is 0.270 e. The number of halogens is 1. The van der Waals surface area contributed by atoms with E-state index in [0.717, 1.165) is 17.5 Å². The minimum absolute atomic E-state index is 0.0303. The van der Waals surface area contributed by atoms with E-state index in [2.05, 4.69) is 12.1 Å². The molecule has 1 aliphatic heterocycles. The standard InChI is InChI=1S/C23H19FN2O2/c24-19-7-3-4-16(12-19)14-26-20-9-11-28-22(20)13-21(26)23(27)25-10-8-17-5-1-2-6-18(17)15-25/h1-7,9,11-13H,8,10,14-15H2. The summed E-state index contributed by atoms with van der Waals surface area (Å²) in [5.74, 6) is -0.314. The van der Waals surface area contributed by atoms with Gasteiger partial charge >= 0.3 is 0 Å². The fraction of sp³-hybridized carbons (Fsp3) is 0.174. The fourth-order valence-electron chi connectivity index (χ4n) is 3.97. The number of carbonyl (C=O) groups excluding carboxylic acids is 1. The summed E-state index contributed by atoms with van der Waals surface area (Å²) in [5, 5.41) is 0. The third-order valence-corrected chi connectivity index (χ3v) is 5.39. The van der Waals surface area contributed by atoms with Crippen LogP contribution < -0.4 is 0 Å². The summed E-state index contributed by atoms with van der Waals surface area (Å²) < 4.78 is 21.1. The molecule has 0 saturated heterocycles. The second-order valence-corrected chi connectivity index (χ2v) is 7.16. The zero-order chi connectivity index (χ0) is 19.1. The molecule has 4 nitrogen and oxygen atoms in total. The maximum Gasteiger partial charge on any atom is 0.270 e. The summed E-state index contributed by atoms with van der Waals surface area (Å²) in [6.07, 6.45) is 2.46. The lowest BCUT2D eigenvalue weighted by Crippen LogP contribution is -2.37. The topological polar surface area (TPSA) is 38.4 Å². The third kappa shape index (κ3) is 2.89. The Kier molecular flexibility index (Phi) is 4.01. The predicted octanol–water partition coefficient (Wildman–Crippen LogP) is 4.62. The molecule has 1 aliphatic rings. The highest BCUT2D eigenvalue weighted by Crippen LogP contribution is 2.26. The Labute approximate surface area is 161 Å². The zero-order valence-corrected chi connectivity index (χ0v) is 15.3. The summed E-state index contributed by atoms with van der Waals surface area (Å²) in [7, 11) is 0. The summed E-state index contributed by atoms with van der Waals surface area (Å²) in [4.78, 5) is 15.2. The number of hydrogen-bond donors (Lipinski definition) is 0. The number of nitrogens with zero attached hydrogens (tertiary/aromatic N) is 2. The van der Waals surface area contributed by atoms with Crippen LogP contribution in [0.3, 0.4) is 0 Å². The van der Waals surface area contributed by atoms with Crippen molar-refractivity contribution in [3.8, 4) is 0 Å². The van der Waals surface area contributed by atoms with Crippen molar-refractivity contribution >= 4 is 17.0 Å². The lowest BCUT2D eigenvalue weighted by molar-refractivity contribution is 0.0724. The van der Waals surface area contributed by atoms with Gasteiger partial charge < -0.3 is 13.9 Å². The maximum atomic E-state index is 13.6. The van der Waals surface area contributed by atoms with Gasteiger partial charge in [-0.25, -0.2) is 4.39 Å². The first-order chi connectivity index (χ1) is 13.7. The Balaban J connectivity index is 1.50. The summed E-state index contributed by atoms with van der Waals surface area (Å²) in [5.41, 5.74) is 5.36. The molecule has 4 aromatic rings. The van der Waals surface area contributed by atoms with E-state index in [0.29, 0.717) is 30.9 Å². The largest absolute Gasteiger partial charge is 0.463 e. The molecule has 0 radical (unpaired) electrons. The number of hydrogen-bond acceptors (Lipinski definition) is 2.